The smallest absolute Gasteiger partial charge is 0.260 e. The van der Waals surface area contributed by atoms with Crippen LogP contribution in [-0.4, -0.2) is 36.9 Å². The molecule has 19 heavy (non-hydrogen) atoms. The van der Waals surface area contributed by atoms with E-state index in [2.05, 4.69) is 25.8 Å². The van der Waals surface area contributed by atoms with Gasteiger partial charge in [-0.3, -0.25) is 14.6 Å². The molecule has 2 rings (SSSR count). The lowest BCUT2D eigenvalue weighted by atomic mass is 10.2. The SMILES string of the molecule is Cc1[nH]ncc1C(=O)Nc1c(C(N)=NO)cnn1C. The molecule has 1 amide bonds. The first kappa shape index (κ1) is 12.6. The summed E-state index contributed by atoms with van der Waals surface area (Å²) >= 11 is 0. The Morgan fingerprint density at radius 3 is 2.84 bits per heavy atom. The Balaban J connectivity index is 2.32. The predicted octanol–water partition coefficient (Wildman–Crippen LogP) is -0.202. The van der Waals surface area contributed by atoms with Crippen molar-refractivity contribution in [2.45, 2.75) is 6.92 Å². The Kier molecular flexibility index (Phi) is 3.19. The number of anilines is 1. The molecule has 9 heteroatoms. The minimum atomic E-state index is -0.359. The van der Waals surface area contributed by atoms with Gasteiger partial charge in [0.2, 0.25) is 0 Å². The molecule has 0 saturated heterocycles. The van der Waals surface area contributed by atoms with Crippen molar-refractivity contribution in [2.24, 2.45) is 17.9 Å². The van der Waals surface area contributed by atoms with Crippen molar-refractivity contribution in [3.05, 3.63) is 29.2 Å². The first-order chi connectivity index (χ1) is 9.04. The van der Waals surface area contributed by atoms with Crippen molar-refractivity contribution >= 4 is 17.6 Å². The Labute approximate surface area is 108 Å². The van der Waals surface area contributed by atoms with E-state index >= 15 is 0 Å². The third kappa shape index (κ3) is 2.25. The first-order valence-electron chi connectivity index (χ1n) is 5.35. The minimum Gasteiger partial charge on any atom is -0.409 e. The van der Waals surface area contributed by atoms with Gasteiger partial charge >= 0.3 is 0 Å². The molecular formula is C10H13N7O2. The number of nitrogens with two attached hydrogens (primary N) is 1. The van der Waals surface area contributed by atoms with Crippen molar-refractivity contribution in [1.82, 2.24) is 20.0 Å². The van der Waals surface area contributed by atoms with E-state index in [9.17, 15) is 4.79 Å². The van der Waals surface area contributed by atoms with Crippen molar-refractivity contribution in [3.8, 4) is 0 Å². The van der Waals surface area contributed by atoms with E-state index in [0.717, 1.165) is 0 Å². The normalized spacial score (nSPS) is 11.6. The number of aromatic nitrogens is 4. The summed E-state index contributed by atoms with van der Waals surface area (Å²) in [6.45, 7) is 1.73. The molecule has 0 atom stereocenters. The van der Waals surface area contributed by atoms with E-state index in [1.807, 2.05) is 0 Å². The van der Waals surface area contributed by atoms with Crippen LogP contribution in [0.2, 0.25) is 0 Å². The van der Waals surface area contributed by atoms with Gasteiger partial charge in [-0.1, -0.05) is 5.16 Å². The highest BCUT2D eigenvalue weighted by atomic mass is 16.4. The number of aromatic amines is 1. The molecule has 0 unspecified atom stereocenters. The van der Waals surface area contributed by atoms with Crippen LogP contribution in [-0.2, 0) is 7.05 Å². The molecule has 0 aliphatic carbocycles. The number of carbonyl (C=O) groups is 1. The van der Waals surface area contributed by atoms with Gasteiger partial charge in [-0.15, -0.1) is 0 Å². The van der Waals surface area contributed by atoms with Gasteiger partial charge in [-0.25, -0.2) is 0 Å². The lowest BCUT2D eigenvalue weighted by Gasteiger charge is -2.07. The van der Waals surface area contributed by atoms with E-state index in [1.165, 1.54) is 17.1 Å². The summed E-state index contributed by atoms with van der Waals surface area (Å²) in [5, 5.41) is 24.6. The van der Waals surface area contributed by atoms with Gasteiger partial charge < -0.3 is 16.3 Å². The summed E-state index contributed by atoms with van der Waals surface area (Å²) in [5.74, 6) is -0.157. The third-order valence-electron chi connectivity index (χ3n) is 2.63. The molecule has 0 aliphatic rings. The number of H-pyrrole nitrogens is 1. The number of carbonyl (C=O) groups excluding carboxylic acids is 1. The van der Waals surface area contributed by atoms with Crippen LogP contribution >= 0.6 is 0 Å². The Morgan fingerprint density at radius 1 is 1.53 bits per heavy atom. The molecular weight excluding hydrogens is 250 g/mol. The summed E-state index contributed by atoms with van der Waals surface area (Å²) in [4.78, 5) is 12.1. The summed E-state index contributed by atoms with van der Waals surface area (Å²) in [5.41, 5.74) is 6.89. The number of amides is 1. The number of rotatable bonds is 3. The fraction of sp³-hybridized carbons (Fsp3) is 0.200. The molecule has 0 fully saturated rings. The van der Waals surface area contributed by atoms with Crippen molar-refractivity contribution in [1.29, 1.82) is 0 Å². The first-order valence-corrected chi connectivity index (χ1v) is 5.35. The van der Waals surface area contributed by atoms with Crippen LogP contribution in [0.15, 0.2) is 17.5 Å². The number of oxime groups is 1. The zero-order valence-corrected chi connectivity index (χ0v) is 10.4. The summed E-state index contributed by atoms with van der Waals surface area (Å²) in [7, 11) is 1.63. The fourth-order valence-electron chi connectivity index (χ4n) is 1.58. The van der Waals surface area contributed by atoms with Crippen LogP contribution in [0, 0.1) is 6.92 Å². The topological polar surface area (TPSA) is 134 Å². The number of aryl methyl sites for hydroxylation is 2. The minimum absolute atomic E-state index is 0.132. The van der Waals surface area contributed by atoms with Crippen LogP contribution in [0.25, 0.3) is 0 Å². The Morgan fingerprint density at radius 2 is 2.26 bits per heavy atom. The number of hydrogen-bond donors (Lipinski definition) is 4. The van der Waals surface area contributed by atoms with Gasteiger partial charge in [0.05, 0.1) is 23.5 Å². The second kappa shape index (κ2) is 4.80. The van der Waals surface area contributed by atoms with Crippen LogP contribution in [0.3, 0.4) is 0 Å². The second-order valence-electron chi connectivity index (χ2n) is 3.88. The van der Waals surface area contributed by atoms with E-state index in [-0.39, 0.29) is 11.7 Å². The van der Waals surface area contributed by atoms with Gasteiger partial charge in [-0.2, -0.15) is 10.2 Å². The molecule has 100 valence electrons. The van der Waals surface area contributed by atoms with E-state index in [0.29, 0.717) is 22.6 Å². The van der Waals surface area contributed by atoms with Gasteiger partial charge in [-0.05, 0) is 6.92 Å². The fourth-order valence-corrected chi connectivity index (χ4v) is 1.58. The number of amidine groups is 1. The lowest BCUT2D eigenvalue weighted by Crippen LogP contribution is -2.20. The molecule has 5 N–H and O–H groups in total. The largest absolute Gasteiger partial charge is 0.409 e. The van der Waals surface area contributed by atoms with Crippen LogP contribution < -0.4 is 11.1 Å². The van der Waals surface area contributed by atoms with Crippen LogP contribution in [0.1, 0.15) is 21.6 Å². The molecule has 0 spiro atoms. The second-order valence-corrected chi connectivity index (χ2v) is 3.88. The van der Waals surface area contributed by atoms with Crippen LogP contribution in [0.4, 0.5) is 5.82 Å². The summed E-state index contributed by atoms with van der Waals surface area (Å²) in [6, 6.07) is 0. The quantitative estimate of drug-likeness (QED) is 0.263. The highest BCUT2D eigenvalue weighted by Gasteiger charge is 2.17. The number of nitrogens with one attached hydrogen (secondary N) is 2. The molecule has 0 aliphatic heterocycles. The maximum atomic E-state index is 12.1. The monoisotopic (exact) mass is 263 g/mol. The maximum absolute atomic E-state index is 12.1. The molecule has 0 saturated carbocycles. The summed E-state index contributed by atoms with van der Waals surface area (Å²) < 4.78 is 1.42. The molecule has 2 aromatic heterocycles. The van der Waals surface area contributed by atoms with Gasteiger partial charge in [0.15, 0.2) is 5.84 Å². The standard InChI is InChI=1S/C10H13N7O2/c1-5-6(3-12-15-5)10(18)14-9-7(8(11)16-19)4-13-17(9)2/h3-4,19H,1-2H3,(H2,11,16)(H,12,15)(H,14,18). The van der Waals surface area contributed by atoms with E-state index in [1.54, 1.807) is 14.0 Å². The van der Waals surface area contributed by atoms with Crippen molar-refractivity contribution < 1.29 is 10.0 Å². The summed E-state index contributed by atoms with van der Waals surface area (Å²) in [6.07, 6.45) is 2.82. The van der Waals surface area contributed by atoms with E-state index < -0.39 is 0 Å². The van der Waals surface area contributed by atoms with Gasteiger partial charge in [0, 0.05) is 12.7 Å². The molecule has 0 radical (unpaired) electrons. The highest BCUT2D eigenvalue weighted by molar-refractivity contribution is 6.09. The van der Waals surface area contributed by atoms with Crippen molar-refractivity contribution in [3.63, 3.8) is 0 Å². The average Bonchev–Trinajstić information content (AvgIpc) is 2.96. The third-order valence-corrected chi connectivity index (χ3v) is 2.63. The van der Waals surface area contributed by atoms with Crippen molar-refractivity contribution in [2.75, 3.05) is 5.32 Å². The molecule has 0 aromatic carbocycles. The molecule has 9 nitrogen and oxygen atoms in total. The highest BCUT2D eigenvalue weighted by Crippen LogP contribution is 2.15. The average molecular weight is 263 g/mol. The zero-order chi connectivity index (χ0) is 14.0. The van der Waals surface area contributed by atoms with E-state index in [4.69, 9.17) is 10.9 Å². The number of nitrogens with zero attached hydrogens (tertiary/aromatic N) is 4. The molecule has 2 heterocycles. The predicted molar refractivity (Wildman–Crippen MR) is 67.0 cm³/mol. The molecule has 2 aromatic rings. The van der Waals surface area contributed by atoms with Gasteiger partial charge in [0.25, 0.3) is 5.91 Å². The Bertz CT molecular complexity index is 640. The Hall–Kier alpha value is -2.84. The van der Waals surface area contributed by atoms with Gasteiger partial charge in [0.1, 0.15) is 5.82 Å². The molecule has 0 bridgehead atoms. The number of hydrogen-bond acceptors (Lipinski definition) is 5. The van der Waals surface area contributed by atoms with Crippen LogP contribution in [0.5, 0.6) is 0 Å². The zero-order valence-electron chi connectivity index (χ0n) is 10.4. The lowest BCUT2D eigenvalue weighted by molar-refractivity contribution is 0.102. The maximum Gasteiger partial charge on any atom is 0.260 e.